The smallest absolute Gasteiger partial charge is 0.125 e. The fourth-order valence-corrected chi connectivity index (χ4v) is 2.55. The zero-order chi connectivity index (χ0) is 14.7. The van der Waals surface area contributed by atoms with E-state index in [1.807, 2.05) is 13.8 Å². The first-order chi connectivity index (χ1) is 8.69. The van der Waals surface area contributed by atoms with Crippen molar-refractivity contribution in [2.24, 2.45) is 0 Å². The number of hydrogen-bond donors (Lipinski definition) is 1. The molecule has 5 heteroatoms. The van der Waals surface area contributed by atoms with Crippen LogP contribution in [-0.2, 0) is 28.2 Å². The van der Waals surface area contributed by atoms with Gasteiger partial charge in [-0.3, -0.25) is 0 Å². The third-order valence-corrected chi connectivity index (χ3v) is 4.27. The lowest BCUT2D eigenvalue weighted by Gasteiger charge is -2.20. The van der Waals surface area contributed by atoms with Crippen LogP contribution in [0, 0.1) is 0 Å². The number of ether oxygens (including phenoxy) is 2. The van der Waals surface area contributed by atoms with E-state index in [2.05, 4.69) is 31.1 Å². The van der Waals surface area contributed by atoms with E-state index in [4.69, 9.17) is 9.47 Å². The molecule has 0 unspecified atom stereocenters. The normalized spacial score (nSPS) is 13.0. The summed E-state index contributed by atoms with van der Waals surface area (Å²) in [7, 11) is 3.41. The van der Waals surface area contributed by atoms with Crippen LogP contribution in [0.2, 0.25) is 0 Å². The molecule has 110 valence electrons. The Morgan fingerprint density at radius 3 is 2.26 bits per heavy atom. The predicted octanol–water partition coefficient (Wildman–Crippen LogP) is 3.06. The third-order valence-electron chi connectivity index (χ3n) is 2.86. The van der Waals surface area contributed by atoms with Crippen molar-refractivity contribution in [1.82, 2.24) is 10.3 Å². The summed E-state index contributed by atoms with van der Waals surface area (Å²) in [5.41, 5.74) is 0.739. The summed E-state index contributed by atoms with van der Waals surface area (Å²) in [6, 6.07) is 0. The van der Waals surface area contributed by atoms with Gasteiger partial charge in [-0.05, 0) is 34.6 Å². The van der Waals surface area contributed by atoms with E-state index in [0.29, 0.717) is 6.61 Å². The Bertz CT molecular complexity index is 408. The van der Waals surface area contributed by atoms with Crippen LogP contribution in [-0.4, -0.2) is 24.7 Å². The summed E-state index contributed by atoms with van der Waals surface area (Å²) < 4.78 is 10.7. The van der Waals surface area contributed by atoms with Crippen molar-refractivity contribution in [3.05, 3.63) is 15.6 Å². The Kier molecular flexibility index (Phi) is 5.50. The first-order valence-electron chi connectivity index (χ1n) is 6.48. The molecule has 0 aliphatic rings. The van der Waals surface area contributed by atoms with Gasteiger partial charge in [-0.1, -0.05) is 0 Å². The van der Waals surface area contributed by atoms with Crippen molar-refractivity contribution in [2.75, 3.05) is 14.2 Å². The Hall–Kier alpha value is -0.490. The number of rotatable bonds is 6. The molecule has 0 spiro atoms. The quantitative estimate of drug-likeness (QED) is 0.873. The largest absolute Gasteiger partial charge is 0.378 e. The van der Waals surface area contributed by atoms with Crippen LogP contribution < -0.4 is 5.32 Å². The fourth-order valence-electron chi connectivity index (χ4n) is 1.46. The summed E-state index contributed by atoms with van der Waals surface area (Å²) in [4.78, 5) is 5.89. The van der Waals surface area contributed by atoms with E-state index in [0.717, 1.165) is 17.2 Å². The van der Waals surface area contributed by atoms with Gasteiger partial charge in [0.1, 0.15) is 10.6 Å². The second kappa shape index (κ2) is 6.31. The van der Waals surface area contributed by atoms with E-state index in [1.54, 1.807) is 25.6 Å². The van der Waals surface area contributed by atoms with Crippen molar-refractivity contribution in [3.63, 3.8) is 0 Å². The average molecular weight is 286 g/mol. The molecule has 0 amide bonds. The Labute approximate surface area is 120 Å². The fraction of sp³-hybridized carbons (Fsp3) is 0.786. The second-order valence-corrected chi connectivity index (χ2v) is 7.22. The second-order valence-electron chi connectivity index (χ2n) is 6.14. The average Bonchev–Trinajstić information content (AvgIpc) is 2.70. The summed E-state index contributed by atoms with van der Waals surface area (Å²) in [5.74, 6) is 0. The minimum Gasteiger partial charge on any atom is -0.378 e. The van der Waals surface area contributed by atoms with Crippen LogP contribution in [0.4, 0.5) is 0 Å². The minimum absolute atomic E-state index is 0.0886. The number of thiazole rings is 1. The van der Waals surface area contributed by atoms with E-state index >= 15 is 0 Å². The molecule has 0 saturated carbocycles. The van der Waals surface area contributed by atoms with Crippen molar-refractivity contribution in [1.29, 1.82) is 0 Å². The molecule has 0 aliphatic heterocycles. The molecule has 0 bridgehead atoms. The number of methoxy groups -OCH3 is 2. The number of hydrogen-bond acceptors (Lipinski definition) is 5. The molecule has 1 heterocycles. The molecule has 1 aromatic heterocycles. The number of nitrogens with one attached hydrogen (secondary N) is 1. The van der Waals surface area contributed by atoms with Crippen LogP contribution in [0.5, 0.6) is 0 Å². The molecule has 0 fully saturated rings. The van der Waals surface area contributed by atoms with Crippen LogP contribution in [0.25, 0.3) is 0 Å². The van der Waals surface area contributed by atoms with Crippen LogP contribution in [0.15, 0.2) is 0 Å². The highest BCUT2D eigenvalue weighted by molar-refractivity contribution is 7.11. The van der Waals surface area contributed by atoms with Crippen molar-refractivity contribution >= 4 is 11.3 Å². The maximum atomic E-state index is 5.50. The van der Waals surface area contributed by atoms with Gasteiger partial charge in [0.15, 0.2) is 0 Å². The van der Waals surface area contributed by atoms with Gasteiger partial charge in [-0.15, -0.1) is 11.3 Å². The predicted molar refractivity (Wildman–Crippen MR) is 79.5 cm³/mol. The standard InChI is InChI=1S/C14H26N2O2S/c1-13(2,3)15-8-11-10(9-17-6)16-12(19-11)14(4,5)18-7/h15H,8-9H2,1-7H3. The first kappa shape index (κ1) is 16.6. The number of nitrogens with zero attached hydrogens (tertiary/aromatic N) is 1. The van der Waals surface area contributed by atoms with Gasteiger partial charge in [0.05, 0.1) is 12.3 Å². The zero-order valence-corrected chi connectivity index (χ0v) is 13.9. The maximum absolute atomic E-state index is 5.50. The zero-order valence-electron chi connectivity index (χ0n) is 13.1. The van der Waals surface area contributed by atoms with Gasteiger partial charge in [-0.2, -0.15) is 0 Å². The molecule has 0 aromatic carbocycles. The molecule has 19 heavy (non-hydrogen) atoms. The monoisotopic (exact) mass is 286 g/mol. The van der Waals surface area contributed by atoms with E-state index < -0.39 is 0 Å². The molecule has 1 aromatic rings. The molecule has 0 aliphatic carbocycles. The molecule has 0 atom stereocenters. The lowest BCUT2D eigenvalue weighted by molar-refractivity contribution is 0.0187. The van der Waals surface area contributed by atoms with Gasteiger partial charge in [0, 0.05) is 31.2 Å². The molecular formula is C14H26N2O2S. The highest BCUT2D eigenvalue weighted by atomic mass is 32.1. The summed E-state index contributed by atoms with van der Waals surface area (Å²) >= 11 is 1.69. The first-order valence-corrected chi connectivity index (χ1v) is 7.29. The van der Waals surface area contributed by atoms with Gasteiger partial charge in [-0.25, -0.2) is 4.98 Å². The Morgan fingerprint density at radius 1 is 1.16 bits per heavy atom. The minimum atomic E-state index is -0.354. The van der Waals surface area contributed by atoms with Gasteiger partial charge < -0.3 is 14.8 Å². The number of aromatic nitrogens is 1. The molecular weight excluding hydrogens is 260 g/mol. The highest BCUT2D eigenvalue weighted by Crippen LogP contribution is 2.31. The van der Waals surface area contributed by atoms with Crippen LogP contribution in [0.1, 0.15) is 50.2 Å². The van der Waals surface area contributed by atoms with E-state index in [9.17, 15) is 0 Å². The Morgan fingerprint density at radius 2 is 1.79 bits per heavy atom. The SMILES string of the molecule is COCc1nc(C(C)(C)OC)sc1CNC(C)(C)C. The summed E-state index contributed by atoms with van der Waals surface area (Å²) in [6.07, 6.45) is 0. The highest BCUT2D eigenvalue weighted by Gasteiger charge is 2.26. The third kappa shape index (κ3) is 4.84. The van der Waals surface area contributed by atoms with Crippen LogP contribution in [0.3, 0.4) is 0 Å². The van der Waals surface area contributed by atoms with Gasteiger partial charge in [0.2, 0.25) is 0 Å². The van der Waals surface area contributed by atoms with E-state index in [1.165, 1.54) is 4.88 Å². The Balaban J connectivity index is 2.95. The molecule has 1 N–H and O–H groups in total. The lowest BCUT2D eigenvalue weighted by Crippen LogP contribution is -2.35. The summed E-state index contributed by atoms with van der Waals surface area (Å²) in [6.45, 7) is 11.9. The van der Waals surface area contributed by atoms with Crippen molar-refractivity contribution in [3.8, 4) is 0 Å². The molecule has 0 saturated heterocycles. The molecule has 4 nitrogen and oxygen atoms in total. The van der Waals surface area contributed by atoms with Crippen molar-refractivity contribution in [2.45, 2.75) is 58.9 Å². The molecule has 1 rings (SSSR count). The van der Waals surface area contributed by atoms with Gasteiger partial charge >= 0.3 is 0 Å². The van der Waals surface area contributed by atoms with Gasteiger partial charge in [0.25, 0.3) is 0 Å². The maximum Gasteiger partial charge on any atom is 0.125 e. The molecule has 0 radical (unpaired) electrons. The van der Waals surface area contributed by atoms with E-state index in [-0.39, 0.29) is 11.1 Å². The lowest BCUT2D eigenvalue weighted by atomic mass is 10.1. The summed E-state index contributed by atoms with van der Waals surface area (Å²) in [5, 5.41) is 4.49. The van der Waals surface area contributed by atoms with Crippen LogP contribution >= 0.6 is 11.3 Å². The topological polar surface area (TPSA) is 43.4 Å². The van der Waals surface area contributed by atoms with Crippen molar-refractivity contribution < 1.29 is 9.47 Å².